The van der Waals surface area contributed by atoms with Crippen molar-refractivity contribution in [2.75, 3.05) is 0 Å². The van der Waals surface area contributed by atoms with Crippen LogP contribution in [0.4, 0.5) is 0 Å². The first-order valence-corrected chi connectivity index (χ1v) is 9.72. The Balaban J connectivity index is 2.06. The van der Waals surface area contributed by atoms with E-state index in [1.54, 1.807) is 0 Å². The highest BCUT2D eigenvalue weighted by molar-refractivity contribution is 6.62. The zero-order valence-corrected chi connectivity index (χ0v) is 17.8. The Morgan fingerprint density at radius 3 is 1.88 bits per heavy atom. The van der Waals surface area contributed by atoms with E-state index in [-0.39, 0.29) is 34.6 Å². The van der Waals surface area contributed by atoms with Gasteiger partial charge in [-0.2, -0.15) is 0 Å². The van der Waals surface area contributed by atoms with Gasteiger partial charge < -0.3 is 9.31 Å². The van der Waals surface area contributed by atoms with Crippen molar-refractivity contribution in [3.05, 3.63) is 29.3 Å². The first kappa shape index (κ1) is 19.0. The molecule has 3 heteroatoms. The molecular formula is C22H35BO2. The summed E-state index contributed by atoms with van der Waals surface area (Å²) in [6.07, 6.45) is 0.937. The summed E-state index contributed by atoms with van der Waals surface area (Å²) in [5, 5.41) is 0. The Kier molecular flexibility index (Phi) is 3.90. The molecule has 0 amide bonds. The number of rotatable bonds is 2. The second-order valence-corrected chi connectivity index (χ2v) is 10.3. The molecule has 0 bridgehead atoms. The predicted octanol–water partition coefficient (Wildman–Crippen LogP) is 4.97. The molecule has 1 aliphatic heterocycles. The molecule has 0 saturated carbocycles. The number of fused-ring (bicyclic) bond motifs is 1. The van der Waals surface area contributed by atoms with E-state index in [4.69, 9.17) is 9.31 Å². The van der Waals surface area contributed by atoms with Crippen LogP contribution < -0.4 is 5.46 Å². The summed E-state index contributed by atoms with van der Waals surface area (Å²) in [5.74, 6) is 0. The molecule has 1 heterocycles. The van der Waals surface area contributed by atoms with Gasteiger partial charge in [-0.3, -0.25) is 0 Å². The summed E-state index contributed by atoms with van der Waals surface area (Å²) < 4.78 is 12.8. The van der Waals surface area contributed by atoms with Crippen LogP contribution in [0.15, 0.2) is 18.2 Å². The summed E-state index contributed by atoms with van der Waals surface area (Å²) in [7, 11) is -0.284. The quantitative estimate of drug-likeness (QED) is 0.707. The van der Waals surface area contributed by atoms with Gasteiger partial charge in [0.25, 0.3) is 0 Å². The van der Waals surface area contributed by atoms with Crippen LogP contribution in [0.25, 0.3) is 0 Å². The topological polar surface area (TPSA) is 18.5 Å². The molecule has 1 fully saturated rings. The van der Waals surface area contributed by atoms with Crippen LogP contribution in [-0.2, 0) is 20.1 Å². The van der Waals surface area contributed by atoms with Crippen LogP contribution in [0.3, 0.4) is 0 Å². The Morgan fingerprint density at radius 2 is 1.36 bits per heavy atom. The van der Waals surface area contributed by atoms with Crippen molar-refractivity contribution in [3.8, 4) is 0 Å². The van der Waals surface area contributed by atoms with Gasteiger partial charge in [-0.1, -0.05) is 66.7 Å². The summed E-state index contributed by atoms with van der Waals surface area (Å²) >= 11 is 0. The highest BCUT2D eigenvalue weighted by atomic mass is 16.7. The number of hydrogen-bond donors (Lipinski definition) is 0. The minimum absolute atomic E-state index is 0.101. The Morgan fingerprint density at radius 1 is 0.800 bits per heavy atom. The lowest BCUT2D eigenvalue weighted by molar-refractivity contribution is -0.0118. The van der Waals surface area contributed by atoms with Crippen LogP contribution >= 0.6 is 0 Å². The molecule has 2 nitrogen and oxygen atoms in total. The second-order valence-electron chi connectivity index (χ2n) is 10.3. The molecule has 1 saturated heterocycles. The molecule has 1 aliphatic carbocycles. The summed E-state index contributed by atoms with van der Waals surface area (Å²) in [6, 6.07) is 6.86. The van der Waals surface area contributed by atoms with Gasteiger partial charge in [-0.25, -0.2) is 0 Å². The molecule has 0 radical (unpaired) electrons. The molecule has 2 aliphatic rings. The second kappa shape index (κ2) is 5.13. The largest absolute Gasteiger partial charge is 0.494 e. The van der Waals surface area contributed by atoms with E-state index < -0.39 is 0 Å². The van der Waals surface area contributed by atoms with E-state index >= 15 is 0 Å². The van der Waals surface area contributed by atoms with Gasteiger partial charge in [0.2, 0.25) is 0 Å². The van der Waals surface area contributed by atoms with E-state index in [1.807, 2.05) is 0 Å². The first-order valence-electron chi connectivity index (χ1n) is 9.72. The van der Waals surface area contributed by atoms with Crippen molar-refractivity contribution in [2.24, 2.45) is 5.41 Å². The van der Waals surface area contributed by atoms with Gasteiger partial charge in [0.1, 0.15) is 0 Å². The fourth-order valence-corrected chi connectivity index (χ4v) is 4.66. The van der Waals surface area contributed by atoms with Gasteiger partial charge in [-0.15, -0.1) is 0 Å². The van der Waals surface area contributed by atoms with E-state index in [0.717, 1.165) is 11.9 Å². The van der Waals surface area contributed by atoms with E-state index in [0.29, 0.717) is 0 Å². The summed E-state index contributed by atoms with van der Waals surface area (Å²) in [6.45, 7) is 22.9. The van der Waals surface area contributed by atoms with E-state index in [9.17, 15) is 0 Å². The molecule has 1 aromatic rings. The first-order chi connectivity index (χ1) is 11.2. The Hall–Kier alpha value is -0.795. The highest BCUT2D eigenvalue weighted by Gasteiger charge is 2.58. The normalized spacial score (nSPS) is 31.2. The van der Waals surface area contributed by atoms with Gasteiger partial charge in [0.05, 0.1) is 11.2 Å². The van der Waals surface area contributed by atoms with Gasteiger partial charge in [0.15, 0.2) is 0 Å². The van der Waals surface area contributed by atoms with Crippen molar-refractivity contribution in [3.63, 3.8) is 0 Å². The van der Waals surface area contributed by atoms with Gasteiger partial charge in [0, 0.05) is 0 Å². The van der Waals surface area contributed by atoms with Crippen LogP contribution in [0, 0.1) is 5.41 Å². The number of benzene rings is 1. The molecular weight excluding hydrogens is 307 g/mol. The van der Waals surface area contributed by atoms with Crippen molar-refractivity contribution >= 4 is 12.6 Å². The summed E-state index contributed by atoms with van der Waals surface area (Å²) in [4.78, 5) is 0. The fourth-order valence-electron chi connectivity index (χ4n) is 4.66. The van der Waals surface area contributed by atoms with E-state index in [2.05, 4.69) is 87.4 Å². The lowest BCUT2D eigenvalue weighted by Crippen LogP contribution is -2.44. The lowest BCUT2D eigenvalue weighted by atomic mass is 9.59. The van der Waals surface area contributed by atoms with E-state index in [1.165, 1.54) is 11.1 Å². The minimum Gasteiger partial charge on any atom is -0.399 e. The van der Waals surface area contributed by atoms with Crippen LogP contribution in [0.1, 0.15) is 86.8 Å². The zero-order valence-electron chi connectivity index (χ0n) is 17.8. The monoisotopic (exact) mass is 342 g/mol. The SMILES string of the molecule is CCC1(C)OB(c2ccc3c(c2)C(C)(C)C(C)(C)C3(C)C)OC1(C)C. The standard InChI is InChI=1S/C22H35BO2/c1-11-22(10)21(8,9)24-23(25-22)15-12-13-16-17(14-15)19(4,5)20(6,7)18(16,2)3/h12-14H,11H2,1-10H3. The van der Waals surface area contributed by atoms with Gasteiger partial charge in [-0.05, 0) is 60.0 Å². The Bertz CT molecular complexity index is 702. The molecule has 25 heavy (non-hydrogen) atoms. The van der Waals surface area contributed by atoms with Crippen LogP contribution in [0.2, 0.25) is 0 Å². The third kappa shape index (κ3) is 2.24. The van der Waals surface area contributed by atoms with Gasteiger partial charge >= 0.3 is 7.12 Å². The predicted molar refractivity (Wildman–Crippen MR) is 107 cm³/mol. The Labute approximate surface area is 154 Å². The third-order valence-electron chi connectivity index (χ3n) is 8.50. The lowest BCUT2D eigenvalue weighted by Gasteiger charge is -2.44. The average Bonchev–Trinajstić information content (AvgIpc) is 2.81. The highest BCUT2D eigenvalue weighted by Crippen LogP contribution is 2.61. The summed E-state index contributed by atoms with van der Waals surface area (Å²) in [5.41, 5.74) is 3.91. The van der Waals surface area contributed by atoms with Crippen molar-refractivity contribution in [2.45, 2.75) is 97.7 Å². The smallest absolute Gasteiger partial charge is 0.399 e. The molecule has 1 unspecified atom stereocenters. The molecule has 1 aromatic carbocycles. The molecule has 138 valence electrons. The third-order valence-corrected chi connectivity index (χ3v) is 8.50. The fraction of sp³-hybridized carbons (Fsp3) is 0.727. The maximum Gasteiger partial charge on any atom is 0.494 e. The maximum absolute atomic E-state index is 6.41. The van der Waals surface area contributed by atoms with Crippen LogP contribution in [0.5, 0.6) is 0 Å². The molecule has 0 spiro atoms. The average molecular weight is 342 g/mol. The zero-order chi connectivity index (χ0) is 19.1. The molecule has 1 atom stereocenters. The molecule has 3 rings (SSSR count). The molecule has 0 aromatic heterocycles. The van der Waals surface area contributed by atoms with Crippen molar-refractivity contribution < 1.29 is 9.31 Å². The van der Waals surface area contributed by atoms with Crippen LogP contribution in [-0.4, -0.2) is 18.3 Å². The minimum atomic E-state index is -0.292. The number of hydrogen-bond acceptors (Lipinski definition) is 2. The van der Waals surface area contributed by atoms with Crippen molar-refractivity contribution in [1.82, 2.24) is 0 Å². The molecule has 0 N–H and O–H groups in total. The van der Waals surface area contributed by atoms with Crippen molar-refractivity contribution in [1.29, 1.82) is 0 Å². The maximum atomic E-state index is 6.41.